The van der Waals surface area contributed by atoms with Gasteiger partial charge in [0.2, 0.25) is 0 Å². The smallest absolute Gasteiger partial charge is 0.0113 e. The van der Waals surface area contributed by atoms with E-state index in [4.69, 9.17) is 0 Å². The number of hydrogen-bond donors (Lipinski definition) is 1. The maximum Gasteiger partial charge on any atom is 0.0113 e. The highest BCUT2D eigenvalue weighted by Gasteiger charge is 2.19. The third kappa shape index (κ3) is 6.72. The van der Waals surface area contributed by atoms with Gasteiger partial charge in [-0.1, -0.05) is 20.8 Å². The van der Waals surface area contributed by atoms with E-state index < -0.39 is 0 Å². The van der Waals surface area contributed by atoms with Crippen molar-refractivity contribution in [2.75, 3.05) is 46.8 Å². The second kappa shape index (κ2) is 7.46. The zero-order valence-electron chi connectivity index (χ0n) is 13.1. The number of piperidine rings is 1. The molecule has 18 heavy (non-hydrogen) atoms. The van der Waals surface area contributed by atoms with Crippen LogP contribution in [0.25, 0.3) is 0 Å². The molecule has 0 saturated carbocycles. The molecule has 0 aromatic rings. The van der Waals surface area contributed by atoms with Gasteiger partial charge in [-0.15, -0.1) is 0 Å². The van der Waals surface area contributed by atoms with Crippen LogP contribution >= 0.6 is 0 Å². The van der Waals surface area contributed by atoms with E-state index in [1.165, 1.54) is 38.9 Å². The first-order chi connectivity index (χ1) is 8.38. The van der Waals surface area contributed by atoms with Crippen LogP contribution in [0.2, 0.25) is 0 Å². The second-order valence-corrected chi connectivity index (χ2v) is 7.10. The van der Waals surface area contributed by atoms with Crippen molar-refractivity contribution in [1.29, 1.82) is 0 Å². The summed E-state index contributed by atoms with van der Waals surface area (Å²) in [6, 6.07) is 0.801. The monoisotopic (exact) mass is 255 g/mol. The molecule has 0 aromatic carbocycles. The molecule has 0 spiro atoms. The van der Waals surface area contributed by atoms with E-state index in [-0.39, 0.29) is 0 Å². The third-order valence-corrected chi connectivity index (χ3v) is 3.94. The van der Waals surface area contributed by atoms with Crippen molar-refractivity contribution in [2.45, 2.75) is 46.1 Å². The molecule has 1 heterocycles. The summed E-state index contributed by atoms with van der Waals surface area (Å²) in [6.45, 7) is 13.0. The number of likely N-dealkylation sites (tertiary alicyclic amines) is 1. The molecule has 1 rings (SSSR count). The van der Waals surface area contributed by atoms with E-state index in [2.05, 4.69) is 50.0 Å². The predicted molar refractivity (Wildman–Crippen MR) is 80.1 cm³/mol. The van der Waals surface area contributed by atoms with Gasteiger partial charge in [0, 0.05) is 19.1 Å². The van der Waals surface area contributed by atoms with Crippen molar-refractivity contribution in [3.8, 4) is 0 Å². The molecule has 0 aliphatic carbocycles. The molecule has 1 N–H and O–H groups in total. The lowest BCUT2D eigenvalue weighted by Gasteiger charge is -2.35. The van der Waals surface area contributed by atoms with Crippen LogP contribution in [0.5, 0.6) is 0 Å². The Bertz CT molecular complexity index is 212. The number of nitrogens with one attached hydrogen (secondary N) is 1. The molecule has 0 unspecified atom stereocenters. The fourth-order valence-corrected chi connectivity index (χ4v) is 2.48. The normalized spacial score (nSPS) is 19.7. The van der Waals surface area contributed by atoms with Gasteiger partial charge in [-0.2, -0.15) is 0 Å². The maximum absolute atomic E-state index is 3.57. The molecular formula is C15H33N3. The molecule has 0 amide bonds. The van der Waals surface area contributed by atoms with E-state index >= 15 is 0 Å². The average Bonchev–Trinajstić information content (AvgIpc) is 2.27. The quantitative estimate of drug-likeness (QED) is 0.733. The molecule has 0 atom stereocenters. The van der Waals surface area contributed by atoms with Gasteiger partial charge in [-0.05, 0) is 58.4 Å². The summed E-state index contributed by atoms with van der Waals surface area (Å²) in [4.78, 5) is 4.98. The molecule has 0 radical (unpaired) electrons. The molecule has 3 heteroatoms. The molecule has 0 aromatic heterocycles. The minimum absolute atomic E-state index is 0.455. The van der Waals surface area contributed by atoms with Crippen molar-refractivity contribution in [1.82, 2.24) is 15.1 Å². The minimum Gasteiger partial charge on any atom is -0.315 e. The summed E-state index contributed by atoms with van der Waals surface area (Å²) in [6.07, 6.45) is 3.92. The van der Waals surface area contributed by atoms with Crippen molar-refractivity contribution < 1.29 is 0 Å². The van der Waals surface area contributed by atoms with Crippen LogP contribution in [-0.4, -0.2) is 62.7 Å². The van der Waals surface area contributed by atoms with Crippen LogP contribution in [0.15, 0.2) is 0 Å². The molecule has 1 aliphatic rings. The molecule has 1 fully saturated rings. The Kier molecular flexibility index (Phi) is 6.61. The lowest BCUT2D eigenvalue weighted by molar-refractivity contribution is 0.145. The maximum atomic E-state index is 3.57. The third-order valence-electron chi connectivity index (χ3n) is 3.94. The Labute approximate surface area is 114 Å². The van der Waals surface area contributed by atoms with Gasteiger partial charge in [0.15, 0.2) is 0 Å². The van der Waals surface area contributed by atoms with E-state index in [0.29, 0.717) is 5.41 Å². The van der Waals surface area contributed by atoms with E-state index in [1.807, 2.05) is 0 Å². The fourth-order valence-electron chi connectivity index (χ4n) is 2.48. The topological polar surface area (TPSA) is 18.5 Å². The fraction of sp³-hybridized carbons (Fsp3) is 1.00. The summed E-state index contributed by atoms with van der Waals surface area (Å²) in [5.41, 5.74) is 0.455. The van der Waals surface area contributed by atoms with E-state index in [1.54, 1.807) is 0 Å². The first-order valence-electron chi connectivity index (χ1n) is 7.48. The van der Waals surface area contributed by atoms with Crippen molar-refractivity contribution in [3.63, 3.8) is 0 Å². The number of rotatable bonds is 6. The number of nitrogens with zero attached hydrogens (tertiary/aromatic N) is 2. The predicted octanol–water partition coefficient (Wildman–Crippen LogP) is 2.04. The van der Waals surface area contributed by atoms with Gasteiger partial charge >= 0.3 is 0 Å². The first kappa shape index (κ1) is 15.9. The lowest BCUT2D eigenvalue weighted by Crippen LogP contribution is -2.44. The van der Waals surface area contributed by atoms with Crippen LogP contribution in [0.4, 0.5) is 0 Å². The van der Waals surface area contributed by atoms with Crippen LogP contribution in [0.3, 0.4) is 0 Å². The number of hydrogen-bond acceptors (Lipinski definition) is 3. The molecule has 108 valence electrons. The Morgan fingerprint density at radius 1 is 1.11 bits per heavy atom. The highest BCUT2D eigenvalue weighted by atomic mass is 15.2. The van der Waals surface area contributed by atoms with Crippen molar-refractivity contribution in [2.24, 2.45) is 5.41 Å². The molecule has 0 bridgehead atoms. The Morgan fingerprint density at radius 3 is 2.22 bits per heavy atom. The Balaban J connectivity index is 2.01. The van der Waals surface area contributed by atoms with Gasteiger partial charge in [0.1, 0.15) is 0 Å². The summed E-state index contributed by atoms with van der Waals surface area (Å²) in [5.74, 6) is 0. The highest BCUT2D eigenvalue weighted by molar-refractivity contribution is 4.77. The lowest BCUT2D eigenvalue weighted by atomic mass is 9.92. The Hall–Kier alpha value is -0.120. The summed E-state index contributed by atoms with van der Waals surface area (Å²) in [5, 5.41) is 3.57. The SMILES string of the molecule is CN(C)C1CCN(CCNCCC(C)(C)C)CC1. The summed E-state index contributed by atoms with van der Waals surface area (Å²) >= 11 is 0. The zero-order chi connectivity index (χ0) is 13.6. The van der Waals surface area contributed by atoms with Crippen molar-refractivity contribution in [3.05, 3.63) is 0 Å². The zero-order valence-corrected chi connectivity index (χ0v) is 13.1. The van der Waals surface area contributed by atoms with E-state index in [9.17, 15) is 0 Å². The Morgan fingerprint density at radius 2 is 1.72 bits per heavy atom. The largest absolute Gasteiger partial charge is 0.315 e. The molecule has 1 aliphatic heterocycles. The second-order valence-electron chi connectivity index (χ2n) is 7.10. The molecule has 1 saturated heterocycles. The van der Waals surface area contributed by atoms with Crippen LogP contribution in [0, 0.1) is 5.41 Å². The van der Waals surface area contributed by atoms with Gasteiger partial charge in [-0.25, -0.2) is 0 Å². The van der Waals surface area contributed by atoms with Gasteiger partial charge in [-0.3, -0.25) is 0 Å². The van der Waals surface area contributed by atoms with Gasteiger partial charge in [0.25, 0.3) is 0 Å². The minimum atomic E-state index is 0.455. The molecular weight excluding hydrogens is 222 g/mol. The average molecular weight is 255 g/mol. The first-order valence-corrected chi connectivity index (χ1v) is 7.48. The summed E-state index contributed by atoms with van der Waals surface area (Å²) in [7, 11) is 4.41. The van der Waals surface area contributed by atoms with Gasteiger partial charge < -0.3 is 15.1 Å². The summed E-state index contributed by atoms with van der Waals surface area (Å²) < 4.78 is 0. The standard InChI is InChI=1S/C15H33N3/c1-15(2,3)8-9-16-10-13-18-11-6-14(7-12-18)17(4)5/h14,16H,6-13H2,1-5H3. The van der Waals surface area contributed by atoms with Crippen molar-refractivity contribution >= 4 is 0 Å². The van der Waals surface area contributed by atoms with Crippen LogP contribution in [0.1, 0.15) is 40.0 Å². The van der Waals surface area contributed by atoms with E-state index in [0.717, 1.165) is 19.1 Å². The van der Waals surface area contributed by atoms with Gasteiger partial charge in [0.05, 0.1) is 0 Å². The highest BCUT2D eigenvalue weighted by Crippen LogP contribution is 2.17. The van der Waals surface area contributed by atoms with Crippen LogP contribution < -0.4 is 5.32 Å². The molecule has 3 nitrogen and oxygen atoms in total. The van der Waals surface area contributed by atoms with Crippen LogP contribution in [-0.2, 0) is 0 Å².